The Morgan fingerprint density at radius 1 is 1.00 bits per heavy atom. The normalized spacial score (nSPS) is 10.8. The van der Waals surface area contributed by atoms with Crippen LogP contribution in [0.1, 0.15) is 22.3 Å². The highest BCUT2D eigenvalue weighted by atomic mass is 19.1. The third-order valence-corrected chi connectivity index (χ3v) is 4.57. The summed E-state index contributed by atoms with van der Waals surface area (Å²) in [6.45, 7) is 4.23. The molecule has 0 aliphatic carbocycles. The van der Waals surface area contributed by atoms with Gasteiger partial charge in [-0.15, -0.1) is 0 Å². The van der Waals surface area contributed by atoms with E-state index in [1.165, 1.54) is 18.2 Å². The van der Waals surface area contributed by atoms with Crippen molar-refractivity contribution in [3.63, 3.8) is 0 Å². The summed E-state index contributed by atoms with van der Waals surface area (Å²) in [5.41, 5.74) is 4.54. The molecule has 30 heavy (non-hydrogen) atoms. The summed E-state index contributed by atoms with van der Waals surface area (Å²) in [4.78, 5) is 12.3. The number of carbonyl (C=O) groups is 1. The lowest BCUT2D eigenvalue weighted by molar-refractivity contribution is -0.111. The molecule has 3 rings (SSSR count). The third kappa shape index (κ3) is 5.70. The molecule has 4 nitrogen and oxygen atoms in total. The molecule has 3 aromatic rings. The fraction of sp³-hybridized carbons (Fsp3) is 0.160. The minimum atomic E-state index is -0.283. The Morgan fingerprint density at radius 2 is 1.77 bits per heavy atom. The van der Waals surface area contributed by atoms with Crippen LogP contribution in [0.4, 0.5) is 10.1 Å². The topological polar surface area (TPSA) is 47.6 Å². The van der Waals surface area contributed by atoms with Gasteiger partial charge in [-0.2, -0.15) is 0 Å². The highest BCUT2D eigenvalue weighted by Crippen LogP contribution is 2.29. The van der Waals surface area contributed by atoms with E-state index in [2.05, 4.69) is 5.32 Å². The molecule has 1 amide bonds. The minimum Gasteiger partial charge on any atom is -0.493 e. The lowest BCUT2D eigenvalue weighted by Crippen LogP contribution is -2.09. The van der Waals surface area contributed by atoms with Crippen molar-refractivity contribution < 1.29 is 18.7 Å². The van der Waals surface area contributed by atoms with Crippen molar-refractivity contribution in [1.29, 1.82) is 0 Å². The van der Waals surface area contributed by atoms with Crippen LogP contribution in [0.3, 0.4) is 0 Å². The average Bonchev–Trinajstić information content (AvgIpc) is 2.74. The Morgan fingerprint density at radius 3 is 2.50 bits per heavy atom. The molecular weight excluding hydrogens is 381 g/mol. The van der Waals surface area contributed by atoms with Crippen LogP contribution in [0.2, 0.25) is 0 Å². The van der Waals surface area contributed by atoms with Crippen LogP contribution in [0, 0.1) is 19.7 Å². The predicted octanol–water partition coefficient (Wildman–Crippen LogP) is 5.68. The van der Waals surface area contributed by atoms with Crippen molar-refractivity contribution in [3.05, 3.63) is 94.8 Å². The molecular formula is C25H24FNO3. The van der Waals surface area contributed by atoms with Gasteiger partial charge in [-0.1, -0.05) is 30.3 Å². The van der Waals surface area contributed by atoms with E-state index in [9.17, 15) is 9.18 Å². The van der Waals surface area contributed by atoms with E-state index in [1.54, 1.807) is 37.5 Å². The number of methoxy groups -OCH3 is 1. The number of rotatable bonds is 7. The summed E-state index contributed by atoms with van der Waals surface area (Å²) in [5.74, 6) is 0.626. The summed E-state index contributed by atoms with van der Waals surface area (Å²) < 4.78 is 24.2. The van der Waals surface area contributed by atoms with Crippen molar-refractivity contribution in [2.24, 2.45) is 0 Å². The van der Waals surface area contributed by atoms with E-state index in [0.717, 1.165) is 27.9 Å². The number of benzene rings is 3. The smallest absolute Gasteiger partial charge is 0.248 e. The van der Waals surface area contributed by atoms with Gasteiger partial charge in [0.15, 0.2) is 11.5 Å². The number of nitrogens with one attached hydrogen (secondary N) is 1. The lowest BCUT2D eigenvalue weighted by Gasteiger charge is -2.11. The minimum absolute atomic E-state index is 0.209. The molecule has 0 saturated carbocycles. The summed E-state index contributed by atoms with van der Waals surface area (Å²) in [5, 5.41) is 2.90. The molecule has 0 fully saturated rings. The second-order valence-corrected chi connectivity index (χ2v) is 6.97. The fourth-order valence-corrected chi connectivity index (χ4v) is 2.87. The molecule has 0 saturated heterocycles. The van der Waals surface area contributed by atoms with Crippen LogP contribution in [-0.4, -0.2) is 13.0 Å². The average molecular weight is 405 g/mol. The largest absolute Gasteiger partial charge is 0.493 e. The molecule has 154 valence electrons. The number of amides is 1. The zero-order valence-corrected chi connectivity index (χ0v) is 17.2. The SMILES string of the molecule is COc1cc(/C=C/C(=O)Nc2cc(C)ccc2C)ccc1OCc1ccc(F)cc1. The zero-order valence-electron chi connectivity index (χ0n) is 17.2. The molecule has 0 aliphatic rings. The van der Waals surface area contributed by atoms with Gasteiger partial charge in [-0.25, -0.2) is 4.39 Å². The molecule has 0 bridgehead atoms. The van der Waals surface area contributed by atoms with E-state index in [0.29, 0.717) is 18.1 Å². The maximum Gasteiger partial charge on any atom is 0.248 e. The molecule has 0 unspecified atom stereocenters. The lowest BCUT2D eigenvalue weighted by atomic mass is 10.1. The molecule has 3 aromatic carbocycles. The molecule has 0 radical (unpaired) electrons. The van der Waals surface area contributed by atoms with E-state index >= 15 is 0 Å². The Hall–Kier alpha value is -3.60. The molecule has 5 heteroatoms. The number of ether oxygens (including phenoxy) is 2. The van der Waals surface area contributed by atoms with Crippen LogP contribution in [0.15, 0.2) is 66.7 Å². The highest BCUT2D eigenvalue weighted by molar-refractivity contribution is 6.02. The van der Waals surface area contributed by atoms with Gasteiger partial charge in [-0.3, -0.25) is 4.79 Å². The molecule has 0 atom stereocenters. The van der Waals surface area contributed by atoms with E-state index in [4.69, 9.17) is 9.47 Å². The Kier molecular flexibility index (Phi) is 6.86. The van der Waals surface area contributed by atoms with Crippen molar-refractivity contribution in [3.8, 4) is 11.5 Å². The fourth-order valence-electron chi connectivity index (χ4n) is 2.87. The van der Waals surface area contributed by atoms with Gasteiger partial charge in [0.05, 0.1) is 7.11 Å². The summed E-state index contributed by atoms with van der Waals surface area (Å²) in [7, 11) is 1.56. The quantitative estimate of drug-likeness (QED) is 0.514. The second-order valence-electron chi connectivity index (χ2n) is 6.97. The van der Waals surface area contributed by atoms with Crippen LogP contribution in [0.5, 0.6) is 11.5 Å². The summed E-state index contributed by atoms with van der Waals surface area (Å²) in [6.07, 6.45) is 3.20. The third-order valence-electron chi connectivity index (χ3n) is 4.57. The van der Waals surface area contributed by atoms with Gasteiger partial charge in [-0.05, 0) is 72.5 Å². The summed E-state index contributed by atoms with van der Waals surface area (Å²) in [6, 6.07) is 17.5. The standard InChI is InChI=1S/C25H24FNO3/c1-17-4-5-18(2)22(14-17)27-25(28)13-9-19-8-12-23(24(15-19)29-3)30-16-20-6-10-21(26)11-7-20/h4-15H,16H2,1-3H3,(H,27,28)/b13-9+. The number of hydrogen-bond acceptors (Lipinski definition) is 3. The summed E-state index contributed by atoms with van der Waals surface area (Å²) >= 11 is 0. The van der Waals surface area contributed by atoms with E-state index in [-0.39, 0.29) is 11.7 Å². The molecule has 0 spiro atoms. The Balaban J connectivity index is 1.65. The van der Waals surface area contributed by atoms with Gasteiger partial charge in [0.2, 0.25) is 5.91 Å². The highest BCUT2D eigenvalue weighted by Gasteiger charge is 2.07. The first kappa shape index (κ1) is 21.1. The number of halogens is 1. The number of aryl methyl sites for hydroxylation is 2. The Labute approximate surface area is 176 Å². The van der Waals surface area contributed by atoms with Crippen LogP contribution in [-0.2, 0) is 11.4 Å². The first-order valence-corrected chi connectivity index (χ1v) is 9.56. The first-order valence-electron chi connectivity index (χ1n) is 9.56. The van der Waals surface area contributed by atoms with Gasteiger partial charge < -0.3 is 14.8 Å². The first-order chi connectivity index (χ1) is 14.4. The maximum atomic E-state index is 13.0. The second kappa shape index (κ2) is 9.74. The van der Waals surface area contributed by atoms with Crippen molar-refractivity contribution in [2.75, 3.05) is 12.4 Å². The van der Waals surface area contributed by atoms with Gasteiger partial charge in [0.25, 0.3) is 0 Å². The number of carbonyl (C=O) groups excluding carboxylic acids is 1. The Bertz CT molecular complexity index is 1060. The predicted molar refractivity (Wildman–Crippen MR) is 117 cm³/mol. The number of anilines is 1. The van der Waals surface area contributed by atoms with Gasteiger partial charge >= 0.3 is 0 Å². The van der Waals surface area contributed by atoms with Crippen molar-refractivity contribution in [1.82, 2.24) is 0 Å². The molecule has 1 N–H and O–H groups in total. The van der Waals surface area contributed by atoms with Crippen LogP contribution < -0.4 is 14.8 Å². The van der Waals surface area contributed by atoms with Gasteiger partial charge in [0, 0.05) is 11.8 Å². The molecule has 0 heterocycles. The number of hydrogen-bond donors (Lipinski definition) is 1. The van der Waals surface area contributed by atoms with Gasteiger partial charge in [0.1, 0.15) is 12.4 Å². The zero-order chi connectivity index (χ0) is 21.5. The molecule has 0 aromatic heterocycles. The van der Waals surface area contributed by atoms with Crippen LogP contribution in [0.25, 0.3) is 6.08 Å². The molecule has 0 aliphatic heterocycles. The van der Waals surface area contributed by atoms with Crippen molar-refractivity contribution >= 4 is 17.7 Å². The van der Waals surface area contributed by atoms with Crippen LogP contribution >= 0.6 is 0 Å². The van der Waals surface area contributed by atoms with E-state index < -0.39 is 0 Å². The monoisotopic (exact) mass is 405 g/mol. The maximum absolute atomic E-state index is 13.0. The van der Waals surface area contributed by atoms with E-state index in [1.807, 2.05) is 38.1 Å². The van der Waals surface area contributed by atoms with Crippen molar-refractivity contribution in [2.45, 2.75) is 20.5 Å².